The van der Waals surface area contributed by atoms with Crippen molar-refractivity contribution < 1.29 is 16.8 Å². The van der Waals surface area contributed by atoms with E-state index in [1.54, 1.807) is 13.0 Å². The molecule has 0 bridgehead atoms. The number of aromatic nitrogens is 2. The summed E-state index contributed by atoms with van der Waals surface area (Å²) in [6, 6.07) is 12.1. The van der Waals surface area contributed by atoms with Gasteiger partial charge >= 0.3 is 0 Å². The first kappa shape index (κ1) is 20.1. The molecule has 0 unspecified atom stereocenters. The lowest BCUT2D eigenvalue weighted by atomic mass is 10.3. The molecule has 1 aromatic heterocycles. The van der Waals surface area contributed by atoms with Crippen LogP contribution >= 0.6 is 11.6 Å². The highest BCUT2D eigenvalue weighted by molar-refractivity contribution is 7.94. The Kier molecular flexibility index (Phi) is 5.54. The molecular formula is C17H13ClN4O4S2-2. The molecule has 0 radical (unpaired) electrons. The Hall–Kier alpha value is -2.69. The zero-order valence-corrected chi connectivity index (χ0v) is 16.8. The first-order valence-corrected chi connectivity index (χ1v) is 11.0. The van der Waals surface area contributed by atoms with Crippen LogP contribution in [0.15, 0.2) is 70.6 Å². The van der Waals surface area contributed by atoms with Crippen molar-refractivity contribution in [3.63, 3.8) is 0 Å². The van der Waals surface area contributed by atoms with Crippen LogP contribution in [0.1, 0.15) is 5.69 Å². The molecule has 3 rings (SSSR count). The zero-order chi connectivity index (χ0) is 20.4. The van der Waals surface area contributed by atoms with Crippen molar-refractivity contribution >= 4 is 43.3 Å². The molecule has 0 saturated heterocycles. The molecule has 0 N–H and O–H groups in total. The summed E-state index contributed by atoms with van der Waals surface area (Å²) in [6.45, 7) is 1.69. The Morgan fingerprint density at radius 2 is 1.32 bits per heavy atom. The van der Waals surface area contributed by atoms with E-state index in [1.807, 2.05) is 0 Å². The van der Waals surface area contributed by atoms with Crippen LogP contribution in [-0.2, 0) is 20.0 Å². The van der Waals surface area contributed by atoms with Gasteiger partial charge in [-0.1, -0.05) is 29.8 Å². The first-order valence-electron chi connectivity index (χ1n) is 7.77. The summed E-state index contributed by atoms with van der Waals surface area (Å²) >= 11 is 5.75. The molecule has 0 fully saturated rings. The van der Waals surface area contributed by atoms with Crippen LogP contribution in [0.5, 0.6) is 0 Å². The normalized spacial score (nSPS) is 11.8. The van der Waals surface area contributed by atoms with Gasteiger partial charge < -0.3 is 14.7 Å². The fourth-order valence-electron chi connectivity index (χ4n) is 2.12. The van der Waals surface area contributed by atoms with E-state index in [2.05, 4.69) is 19.4 Å². The minimum Gasteiger partial charge on any atom is -0.573 e. The molecule has 8 nitrogen and oxygen atoms in total. The van der Waals surface area contributed by atoms with Gasteiger partial charge in [0, 0.05) is 11.0 Å². The second-order valence-corrected chi connectivity index (χ2v) is 9.22. The molecule has 3 aromatic rings. The van der Waals surface area contributed by atoms with Gasteiger partial charge in [0.25, 0.3) is 0 Å². The van der Waals surface area contributed by atoms with E-state index in [4.69, 9.17) is 11.6 Å². The number of hydrogen-bond acceptors (Lipinski definition) is 6. The summed E-state index contributed by atoms with van der Waals surface area (Å²) in [5, 5.41) is 0.398. The number of aryl methyl sites for hydroxylation is 1. The Balaban J connectivity index is 1.78. The number of nitrogens with zero attached hydrogens (tertiary/aromatic N) is 4. The zero-order valence-electron chi connectivity index (χ0n) is 14.4. The van der Waals surface area contributed by atoms with Crippen molar-refractivity contribution in [2.75, 3.05) is 0 Å². The van der Waals surface area contributed by atoms with Crippen molar-refractivity contribution in [2.45, 2.75) is 16.7 Å². The third kappa shape index (κ3) is 4.77. The van der Waals surface area contributed by atoms with Gasteiger partial charge in [0.15, 0.2) is 0 Å². The summed E-state index contributed by atoms with van der Waals surface area (Å²) in [7, 11) is -8.01. The molecule has 146 valence electrons. The number of benzene rings is 2. The van der Waals surface area contributed by atoms with Gasteiger partial charge in [0.05, 0.1) is 9.79 Å². The summed E-state index contributed by atoms with van der Waals surface area (Å²) in [5.41, 5.74) is 0.645. The van der Waals surface area contributed by atoms with Gasteiger partial charge in [0.1, 0.15) is 10.0 Å². The predicted molar refractivity (Wildman–Crippen MR) is 105 cm³/mol. The Labute approximate surface area is 167 Å². The predicted octanol–water partition coefficient (Wildman–Crippen LogP) is 4.23. The molecule has 1 heterocycles. The molecule has 0 saturated carbocycles. The fraction of sp³-hybridized carbons (Fsp3) is 0.0588. The maximum absolute atomic E-state index is 12.4. The minimum absolute atomic E-state index is 0.0276. The highest BCUT2D eigenvalue weighted by atomic mass is 35.5. The number of sulfonamides is 2. The number of rotatable bonds is 6. The molecule has 0 spiro atoms. The maximum Gasteiger partial charge on any atom is 0.229 e. The average Bonchev–Trinajstić information content (AvgIpc) is 2.62. The topological polar surface area (TPSA) is 122 Å². The van der Waals surface area contributed by atoms with Gasteiger partial charge in [-0.3, -0.25) is 4.72 Å². The second-order valence-electron chi connectivity index (χ2n) is 5.58. The van der Waals surface area contributed by atoms with Crippen LogP contribution in [0.4, 0.5) is 11.6 Å². The molecule has 0 amide bonds. The van der Waals surface area contributed by atoms with Crippen molar-refractivity contribution in [2.24, 2.45) is 0 Å². The van der Waals surface area contributed by atoms with E-state index in [-0.39, 0.29) is 21.4 Å². The summed E-state index contributed by atoms with van der Waals surface area (Å²) in [5.74, 6) is -0.181. The minimum atomic E-state index is -4.05. The molecule has 0 aliphatic heterocycles. The van der Waals surface area contributed by atoms with Gasteiger partial charge in [-0.25, -0.2) is 16.8 Å². The van der Waals surface area contributed by atoms with E-state index in [0.29, 0.717) is 10.7 Å². The number of halogens is 1. The van der Waals surface area contributed by atoms with Crippen LogP contribution in [0.3, 0.4) is 0 Å². The monoisotopic (exact) mass is 436 g/mol. The first-order chi connectivity index (χ1) is 13.2. The summed E-state index contributed by atoms with van der Waals surface area (Å²) < 4.78 is 56.6. The summed E-state index contributed by atoms with van der Waals surface area (Å²) in [4.78, 5) is 7.55. The molecule has 28 heavy (non-hydrogen) atoms. The lowest BCUT2D eigenvalue weighted by molar-refractivity contribution is 0.602. The Bertz CT molecular complexity index is 1200. The lowest BCUT2D eigenvalue weighted by Crippen LogP contribution is -2.00. The molecule has 0 aliphatic carbocycles. The fourth-order valence-corrected chi connectivity index (χ4v) is 4.12. The SMILES string of the molecule is Cc1ccnc([N-]S(=O)(=O)c2ccc([N-]S(=O)(=O)c3ccc(Cl)cc3)cc2)n1. The highest BCUT2D eigenvalue weighted by Crippen LogP contribution is 2.31. The van der Waals surface area contributed by atoms with Gasteiger partial charge in [-0.05, 0) is 55.2 Å². The van der Waals surface area contributed by atoms with Gasteiger partial charge in [-0.15, -0.1) is 5.69 Å². The maximum atomic E-state index is 12.4. The van der Waals surface area contributed by atoms with Gasteiger partial charge in [0.2, 0.25) is 10.0 Å². The van der Waals surface area contributed by atoms with E-state index in [1.165, 1.54) is 54.7 Å². The average molecular weight is 437 g/mol. The smallest absolute Gasteiger partial charge is 0.229 e. The molecule has 0 atom stereocenters. The van der Waals surface area contributed by atoms with Crippen molar-refractivity contribution in [3.8, 4) is 0 Å². The number of hydrogen-bond donors (Lipinski definition) is 0. The Morgan fingerprint density at radius 3 is 1.89 bits per heavy atom. The van der Waals surface area contributed by atoms with Crippen LogP contribution in [0.2, 0.25) is 5.02 Å². The van der Waals surface area contributed by atoms with Crippen molar-refractivity contribution in [1.29, 1.82) is 0 Å². The highest BCUT2D eigenvalue weighted by Gasteiger charge is 2.11. The molecule has 2 aromatic carbocycles. The molecular weight excluding hydrogens is 424 g/mol. The third-order valence-corrected chi connectivity index (χ3v) is 6.30. The van der Waals surface area contributed by atoms with E-state index in [0.717, 1.165) is 0 Å². The molecule has 0 aliphatic rings. The van der Waals surface area contributed by atoms with E-state index in [9.17, 15) is 16.8 Å². The van der Waals surface area contributed by atoms with Crippen LogP contribution in [-0.4, -0.2) is 26.8 Å². The van der Waals surface area contributed by atoms with E-state index < -0.39 is 20.0 Å². The Morgan fingerprint density at radius 1 is 0.786 bits per heavy atom. The van der Waals surface area contributed by atoms with Crippen LogP contribution in [0.25, 0.3) is 9.44 Å². The quantitative estimate of drug-likeness (QED) is 0.569. The van der Waals surface area contributed by atoms with Crippen LogP contribution in [0, 0.1) is 6.92 Å². The largest absolute Gasteiger partial charge is 0.573 e. The third-order valence-electron chi connectivity index (χ3n) is 3.46. The molecule has 11 heteroatoms. The van der Waals surface area contributed by atoms with Crippen molar-refractivity contribution in [1.82, 2.24) is 9.97 Å². The standard InChI is InChI=1S/C17H13ClN4O4S2/c1-12-10-11-19-17(20-12)22-28(25,26)16-8-4-14(5-9-16)21-27(23,24)15-6-2-13(18)3-7-15/h2-11H,1H3/q-2. The second kappa shape index (κ2) is 7.74. The van der Waals surface area contributed by atoms with Crippen molar-refractivity contribution in [3.05, 3.63) is 81.0 Å². The lowest BCUT2D eigenvalue weighted by Gasteiger charge is -2.22. The van der Waals surface area contributed by atoms with E-state index >= 15 is 0 Å². The van der Waals surface area contributed by atoms with Crippen LogP contribution < -0.4 is 0 Å². The summed E-state index contributed by atoms with van der Waals surface area (Å²) in [6.07, 6.45) is 1.40. The van der Waals surface area contributed by atoms with Gasteiger partial charge in [-0.2, -0.15) is 0 Å².